The van der Waals surface area contributed by atoms with Crippen LogP contribution in [0.15, 0.2) is 36.4 Å². The lowest BCUT2D eigenvalue weighted by molar-refractivity contribution is -0.136. The number of fused-ring (bicyclic) bond motifs is 1. The van der Waals surface area contributed by atoms with Gasteiger partial charge in [0.05, 0.1) is 17.2 Å². The molecule has 0 aliphatic carbocycles. The van der Waals surface area contributed by atoms with Gasteiger partial charge in [-0.3, -0.25) is 4.79 Å². The van der Waals surface area contributed by atoms with Gasteiger partial charge in [-0.1, -0.05) is 24.3 Å². The molecular weight excluding hydrogens is 398 g/mol. The van der Waals surface area contributed by atoms with Crippen LogP contribution in [0.1, 0.15) is 41.8 Å². The van der Waals surface area contributed by atoms with Gasteiger partial charge in [0.2, 0.25) is 5.91 Å². The zero-order valence-corrected chi connectivity index (χ0v) is 19.6. The normalized spacial score (nSPS) is 18.3. The van der Waals surface area contributed by atoms with Crippen molar-refractivity contribution in [3.63, 3.8) is 0 Å². The summed E-state index contributed by atoms with van der Waals surface area (Å²) in [6.07, 6.45) is 0.956. The number of rotatable bonds is 4. The van der Waals surface area contributed by atoms with Gasteiger partial charge in [0.25, 0.3) is 0 Å². The Bertz CT molecular complexity index is 1210. The van der Waals surface area contributed by atoms with E-state index in [1.165, 1.54) is 16.7 Å². The lowest BCUT2D eigenvalue weighted by atomic mass is 9.78. The second kappa shape index (κ2) is 7.47. The molecule has 2 saturated heterocycles. The van der Waals surface area contributed by atoms with Gasteiger partial charge in [0.1, 0.15) is 0 Å². The minimum absolute atomic E-state index is 0.109. The first-order valence-electron chi connectivity index (χ1n) is 11.4. The highest BCUT2D eigenvalue weighted by atomic mass is 16.2. The summed E-state index contributed by atoms with van der Waals surface area (Å²) in [5, 5.41) is 14.7. The number of anilines is 2. The van der Waals surface area contributed by atoms with Crippen molar-refractivity contribution >= 4 is 28.2 Å². The van der Waals surface area contributed by atoms with Crippen molar-refractivity contribution in [3.05, 3.63) is 58.8 Å². The fraction of sp³-hybridized carbons (Fsp3) is 0.423. The lowest BCUT2D eigenvalue weighted by Gasteiger charge is -2.47. The highest BCUT2D eigenvalue weighted by Gasteiger charge is 2.53. The Morgan fingerprint density at radius 3 is 2.56 bits per heavy atom. The smallest absolute Gasteiger partial charge is 0.232 e. The monoisotopic (exact) mass is 429 g/mol. The number of aromatic nitrogens is 2. The van der Waals surface area contributed by atoms with Crippen LogP contribution in [0.5, 0.6) is 0 Å². The van der Waals surface area contributed by atoms with E-state index < -0.39 is 0 Å². The summed E-state index contributed by atoms with van der Waals surface area (Å²) < 4.78 is 0. The van der Waals surface area contributed by atoms with Gasteiger partial charge >= 0.3 is 0 Å². The molecule has 2 aliphatic rings. The molecule has 6 heteroatoms. The van der Waals surface area contributed by atoms with E-state index in [4.69, 9.17) is 0 Å². The van der Waals surface area contributed by atoms with Crippen LogP contribution >= 0.6 is 0 Å². The molecule has 0 bridgehead atoms. The van der Waals surface area contributed by atoms with E-state index in [1.807, 2.05) is 18.9 Å². The molecule has 166 valence electrons. The maximum Gasteiger partial charge on any atom is 0.232 e. The first kappa shape index (κ1) is 20.7. The van der Waals surface area contributed by atoms with E-state index in [0.717, 1.165) is 54.0 Å². The number of amides is 1. The number of aryl methyl sites for hydroxylation is 2. The summed E-state index contributed by atoms with van der Waals surface area (Å²) in [5.41, 5.74) is 5.73. The van der Waals surface area contributed by atoms with Gasteiger partial charge < -0.3 is 15.1 Å². The first-order chi connectivity index (χ1) is 15.3. The van der Waals surface area contributed by atoms with Gasteiger partial charge in [-0.15, -0.1) is 5.10 Å². The molecule has 1 aromatic heterocycles. The Morgan fingerprint density at radius 1 is 1.06 bits per heavy atom. The number of nitrogens with one attached hydrogen (secondary N) is 1. The third-order valence-electron chi connectivity index (χ3n) is 7.49. The molecule has 0 saturated carbocycles. The van der Waals surface area contributed by atoms with E-state index in [-0.39, 0.29) is 11.5 Å². The summed E-state index contributed by atoms with van der Waals surface area (Å²) in [5.74, 6) is 1.09. The maximum atomic E-state index is 12.6. The summed E-state index contributed by atoms with van der Waals surface area (Å²) in [6, 6.07) is 13.0. The Kier molecular flexibility index (Phi) is 4.84. The lowest BCUT2D eigenvalue weighted by Crippen LogP contribution is -2.60. The number of carbonyl (C=O) groups excluding carboxylic acids is 1. The van der Waals surface area contributed by atoms with E-state index in [2.05, 4.69) is 77.6 Å². The fourth-order valence-corrected chi connectivity index (χ4v) is 5.26. The summed E-state index contributed by atoms with van der Waals surface area (Å²) in [4.78, 5) is 16.8. The highest BCUT2D eigenvalue weighted by molar-refractivity contribution is 5.96. The molecule has 2 fully saturated rings. The van der Waals surface area contributed by atoms with Crippen molar-refractivity contribution < 1.29 is 4.79 Å². The zero-order chi connectivity index (χ0) is 22.6. The van der Waals surface area contributed by atoms with Crippen LogP contribution in [0.4, 0.5) is 11.5 Å². The molecule has 1 amide bonds. The van der Waals surface area contributed by atoms with Crippen molar-refractivity contribution in [2.75, 3.05) is 36.9 Å². The van der Waals surface area contributed by atoms with E-state index >= 15 is 0 Å². The summed E-state index contributed by atoms with van der Waals surface area (Å²) >= 11 is 0. The van der Waals surface area contributed by atoms with Crippen LogP contribution in [-0.2, 0) is 4.79 Å². The largest absolute Gasteiger partial charge is 0.369 e. The standard InChI is InChI=1S/C26H31N5O/c1-16-7-6-8-21(17(16)2)18(3)27-24-23-13-20(9-10-22(23)19(4)28-29-24)31-14-26(15-31)11-12-30(5)25(26)32/h6-10,13,18H,11-12,14-15H2,1-5H3,(H,27,29)/t18-/m1/s1. The maximum absolute atomic E-state index is 12.6. The van der Waals surface area contributed by atoms with Crippen LogP contribution in [-0.4, -0.2) is 47.7 Å². The number of carbonyl (C=O) groups is 1. The molecule has 2 aromatic carbocycles. The first-order valence-corrected chi connectivity index (χ1v) is 11.4. The second-order valence-corrected chi connectivity index (χ2v) is 9.63. The predicted octanol–water partition coefficient (Wildman–Crippen LogP) is 4.40. The fourth-order valence-electron chi connectivity index (χ4n) is 5.26. The third kappa shape index (κ3) is 3.20. The molecule has 0 radical (unpaired) electrons. The second-order valence-electron chi connectivity index (χ2n) is 9.63. The summed E-state index contributed by atoms with van der Waals surface area (Å²) in [6.45, 7) is 10.9. The van der Waals surface area contributed by atoms with Gasteiger partial charge in [-0.25, -0.2) is 0 Å². The summed E-state index contributed by atoms with van der Waals surface area (Å²) in [7, 11) is 1.91. The van der Waals surface area contributed by atoms with Gasteiger partial charge in [0, 0.05) is 43.1 Å². The minimum atomic E-state index is -0.186. The van der Waals surface area contributed by atoms with E-state index in [9.17, 15) is 4.79 Å². The van der Waals surface area contributed by atoms with Gasteiger partial charge in [0.15, 0.2) is 5.82 Å². The number of benzene rings is 2. The van der Waals surface area contributed by atoms with Crippen LogP contribution in [0.25, 0.3) is 10.8 Å². The molecule has 1 atom stereocenters. The average Bonchev–Trinajstić information content (AvgIpc) is 3.05. The Hall–Kier alpha value is -3.15. The van der Waals surface area contributed by atoms with Crippen LogP contribution < -0.4 is 10.2 Å². The SMILES string of the molecule is Cc1cccc([C@@H](C)Nc2nnc(C)c3ccc(N4CC5(CCN(C)C5=O)C4)cc23)c1C. The Morgan fingerprint density at radius 2 is 1.84 bits per heavy atom. The van der Waals surface area contributed by atoms with E-state index in [0.29, 0.717) is 5.91 Å². The predicted molar refractivity (Wildman–Crippen MR) is 129 cm³/mol. The van der Waals surface area contributed by atoms with Crippen LogP contribution in [0.3, 0.4) is 0 Å². The molecular formula is C26H31N5O. The average molecular weight is 430 g/mol. The van der Waals surface area contributed by atoms with Crippen molar-refractivity contribution in [3.8, 4) is 0 Å². The molecule has 3 aromatic rings. The molecule has 6 nitrogen and oxygen atoms in total. The molecule has 2 aliphatic heterocycles. The molecule has 32 heavy (non-hydrogen) atoms. The molecule has 3 heterocycles. The highest BCUT2D eigenvalue weighted by Crippen LogP contribution is 2.43. The van der Waals surface area contributed by atoms with Gasteiger partial charge in [-0.05, 0) is 62.9 Å². The number of nitrogens with zero attached hydrogens (tertiary/aromatic N) is 4. The van der Waals surface area contributed by atoms with Crippen LogP contribution in [0, 0.1) is 26.2 Å². The topological polar surface area (TPSA) is 61.4 Å². The Balaban J connectivity index is 1.45. The number of hydrogen-bond donors (Lipinski definition) is 1. The Labute approximate surface area is 189 Å². The van der Waals surface area contributed by atoms with Gasteiger partial charge in [-0.2, -0.15) is 5.10 Å². The molecule has 5 rings (SSSR count). The molecule has 0 unspecified atom stereocenters. The van der Waals surface area contributed by atoms with Crippen molar-refractivity contribution in [2.45, 2.75) is 40.2 Å². The molecule has 1 spiro atoms. The number of hydrogen-bond acceptors (Lipinski definition) is 5. The van der Waals surface area contributed by atoms with Crippen molar-refractivity contribution in [2.24, 2.45) is 5.41 Å². The minimum Gasteiger partial charge on any atom is -0.369 e. The zero-order valence-electron chi connectivity index (χ0n) is 19.6. The third-order valence-corrected chi connectivity index (χ3v) is 7.49. The molecule has 1 N–H and O–H groups in total. The van der Waals surface area contributed by atoms with Crippen molar-refractivity contribution in [1.29, 1.82) is 0 Å². The number of likely N-dealkylation sites (tertiary alicyclic amines) is 1. The van der Waals surface area contributed by atoms with Crippen molar-refractivity contribution in [1.82, 2.24) is 15.1 Å². The van der Waals surface area contributed by atoms with Crippen LogP contribution in [0.2, 0.25) is 0 Å². The van der Waals surface area contributed by atoms with E-state index in [1.54, 1.807) is 0 Å². The quantitative estimate of drug-likeness (QED) is 0.666.